The van der Waals surface area contributed by atoms with Crippen LogP contribution >= 0.6 is 0 Å². The van der Waals surface area contributed by atoms with E-state index in [4.69, 9.17) is 9.47 Å². The second-order valence-electron chi connectivity index (χ2n) is 3.73. The van der Waals surface area contributed by atoms with Crippen LogP contribution in [0, 0.1) is 0 Å². The summed E-state index contributed by atoms with van der Waals surface area (Å²) >= 11 is 0. The van der Waals surface area contributed by atoms with E-state index in [-0.39, 0.29) is 0 Å². The van der Waals surface area contributed by atoms with Crippen LogP contribution in [0.4, 0.5) is 0 Å². The third-order valence-electron chi connectivity index (χ3n) is 2.17. The molecule has 0 aliphatic carbocycles. The van der Waals surface area contributed by atoms with Gasteiger partial charge in [0.1, 0.15) is 0 Å². The van der Waals surface area contributed by atoms with Crippen molar-refractivity contribution in [3.8, 4) is 0 Å². The zero-order valence-electron chi connectivity index (χ0n) is 8.79. The minimum absolute atomic E-state index is 0.350. The van der Waals surface area contributed by atoms with Crippen molar-refractivity contribution in [1.82, 2.24) is 4.90 Å². The lowest BCUT2D eigenvalue weighted by molar-refractivity contribution is 0.0578. The average molecular weight is 187 g/mol. The van der Waals surface area contributed by atoms with Crippen molar-refractivity contribution in [1.29, 1.82) is 0 Å². The van der Waals surface area contributed by atoms with Gasteiger partial charge in [-0.3, -0.25) is 4.90 Å². The number of hydrogen-bond donors (Lipinski definition) is 0. The van der Waals surface area contributed by atoms with Gasteiger partial charge in [0.2, 0.25) is 0 Å². The van der Waals surface area contributed by atoms with E-state index in [1.807, 2.05) is 0 Å². The first-order valence-corrected chi connectivity index (χ1v) is 5.21. The molecule has 3 heteroatoms. The Morgan fingerprint density at radius 2 is 2.15 bits per heavy atom. The maximum atomic E-state index is 5.50. The fraction of sp³-hybridized carbons (Fsp3) is 1.00. The standard InChI is InChI=1S/C10H21NO2/c1-10(2)13-9-6-11-4-3-7-12-8-5-11/h10H,3-9H2,1-2H3. The van der Waals surface area contributed by atoms with Crippen LogP contribution in [0.3, 0.4) is 0 Å². The second-order valence-corrected chi connectivity index (χ2v) is 3.73. The van der Waals surface area contributed by atoms with Crippen molar-refractivity contribution in [3.05, 3.63) is 0 Å². The Balaban J connectivity index is 2.05. The van der Waals surface area contributed by atoms with Gasteiger partial charge in [-0.25, -0.2) is 0 Å². The first-order chi connectivity index (χ1) is 6.29. The SMILES string of the molecule is CC(C)OCCN1CCCOCC1. The molecule has 1 saturated heterocycles. The van der Waals surface area contributed by atoms with Crippen LogP contribution in [0.2, 0.25) is 0 Å². The van der Waals surface area contributed by atoms with Gasteiger partial charge in [-0.05, 0) is 20.3 Å². The van der Waals surface area contributed by atoms with Crippen LogP contribution < -0.4 is 0 Å². The Morgan fingerprint density at radius 1 is 1.31 bits per heavy atom. The predicted octanol–water partition coefficient (Wildman–Crippen LogP) is 1.13. The molecular weight excluding hydrogens is 166 g/mol. The molecule has 13 heavy (non-hydrogen) atoms. The molecule has 3 nitrogen and oxygen atoms in total. The lowest BCUT2D eigenvalue weighted by atomic mass is 10.4. The zero-order chi connectivity index (χ0) is 9.52. The van der Waals surface area contributed by atoms with Crippen molar-refractivity contribution in [2.45, 2.75) is 26.4 Å². The molecule has 0 radical (unpaired) electrons. The molecule has 0 aromatic heterocycles. The van der Waals surface area contributed by atoms with Gasteiger partial charge in [-0.1, -0.05) is 0 Å². The first kappa shape index (κ1) is 11.0. The fourth-order valence-corrected chi connectivity index (χ4v) is 1.44. The molecule has 1 rings (SSSR count). The Morgan fingerprint density at radius 3 is 2.92 bits per heavy atom. The van der Waals surface area contributed by atoms with E-state index < -0.39 is 0 Å². The molecule has 0 atom stereocenters. The lowest BCUT2D eigenvalue weighted by Crippen LogP contribution is -2.30. The number of hydrogen-bond acceptors (Lipinski definition) is 3. The molecular formula is C10H21NO2. The monoisotopic (exact) mass is 187 g/mol. The maximum Gasteiger partial charge on any atom is 0.0596 e. The van der Waals surface area contributed by atoms with Gasteiger partial charge in [0.05, 0.1) is 19.3 Å². The zero-order valence-corrected chi connectivity index (χ0v) is 8.79. The van der Waals surface area contributed by atoms with Gasteiger partial charge in [0.25, 0.3) is 0 Å². The van der Waals surface area contributed by atoms with Crippen LogP contribution in [-0.2, 0) is 9.47 Å². The van der Waals surface area contributed by atoms with Gasteiger partial charge in [-0.15, -0.1) is 0 Å². The number of ether oxygens (including phenoxy) is 2. The largest absolute Gasteiger partial charge is 0.380 e. The summed E-state index contributed by atoms with van der Waals surface area (Å²) in [6.07, 6.45) is 1.50. The highest BCUT2D eigenvalue weighted by atomic mass is 16.5. The molecule has 1 fully saturated rings. The fourth-order valence-electron chi connectivity index (χ4n) is 1.44. The summed E-state index contributed by atoms with van der Waals surface area (Å²) in [6.45, 7) is 10.0. The summed E-state index contributed by atoms with van der Waals surface area (Å²) in [5, 5.41) is 0. The van der Waals surface area contributed by atoms with Crippen molar-refractivity contribution in [3.63, 3.8) is 0 Å². The molecule has 0 aromatic carbocycles. The first-order valence-electron chi connectivity index (χ1n) is 5.21. The Kier molecular flexibility index (Phi) is 5.35. The van der Waals surface area contributed by atoms with Crippen LogP contribution in [0.25, 0.3) is 0 Å². The molecule has 0 saturated carbocycles. The topological polar surface area (TPSA) is 21.7 Å². The summed E-state index contributed by atoms with van der Waals surface area (Å²) in [6, 6.07) is 0. The summed E-state index contributed by atoms with van der Waals surface area (Å²) in [5.41, 5.74) is 0. The van der Waals surface area contributed by atoms with E-state index in [0.29, 0.717) is 6.10 Å². The van der Waals surface area contributed by atoms with Crippen molar-refractivity contribution < 1.29 is 9.47 Å². The van der Waals surface area contributed by atoms with Crippen molar-refractivity contribution in [2.75, 3.05) is 39.5 Å². The van der Waals surface area contributed by atoms with Crippen molar-refractivity contribution >= 4 is 0 Å². The summed E-state index contributed by atoms with van der Waals surface area (Å²) in [5.74, 6) is 0. The summed E-state index contributed by atoms with van der Waals surface area (Å²) in [7, 11) is 0. The van der Waals surface area contributed by atoms with E-state index in [9.17, 15) is 0 Å². The van der Waals surface area contributed by atoms with Crippen molar-refractivity contribution in [2.24, 2.45) is 0 Å². The molecule has 0 N–H and O–H groups in total. The summed E-state index contributed by atoms with van der Waals surface area (Å²) < 4.78 is 10.9. The van der Waals surface area contributed by atoms with Crippen LogP contribution in [0.1, 0.15) is 20.3 Å². The minimum Gasteiger partial charge on any atom is -0.380 e. The van der Waals surface area contributed by atoms with Gasteiger partial charge in [0, 0.05) is 26.2 Å². The van der Waals surface area contributed by atoms with Crippen LogP contribution in [-0.4, -0.2) is 50.5 Å². The smallest absolute Gasteiger partial charge is 0.0596 e. The van der Waals surface area contributed by atoms with Gasteiger partial charge in [-0.2, -0.15) is 0 Å². The van der Waals surface area contributed by atoms with E-state index in [1.165, 1.54) is 0 Å². The van der Waals surface area contributed by atoms with E-state index in [2.05, 4.69) is 18.7 Å². The molecule has 1 aliphatic rings. The second kappa shape index (κ2) is 6.35. The number of rotatable bonds is 4. The van der Waals surface area contributed by atoms with E-state index in [0.717, 1.165) is 45.9 Å². The third kappa shape index (κ3) is 5.24. The van der Waals surface area contributed by atoms with E-state index >= 15 is 0 Å². The highest BCUT2D eigenvalue weighted by Crippen LogP contribution is 1.99. The average Bonchev–Trinajstić information content (AvgIpc) is 2.32. The van der Waals surface area contributed by atoms with E-state index in [1.54, 1.807) is 0 Å². The van der Waals surface area contributed by atoms with Crippen LogP contribution in [0.15, 0.2) is 0 Å². The molecule has 0 spiro atoms. The van der Waals surface area contributed by atoms with Gasteiger partial charge < -0.3 is 9.47 Å². The third-order valence-corrected chi connectivity index (χ3v) is 2.17. The highest BCUT2D eigenvalue weighted by molar-refractivity contribution is 4.60. The molecule has 0 bridgehead atoms. The van der Waals surface area contributed by atoms with Gasteiger partial charge >= 0.3 is 0 Å². The molecule has 0 amide bonds. The normalized spacial score (nSPS) is 20.5. The number of nitrogens with zero attached hydrogens (tertiary/aromatic N) is 1. The Hall–Kier alpha value is -0.120. The highest BCUT2D eigenvalue weighted by Gasteiger charge is 2.08. The predicted molar refractivity (Wildman–Crippen MR) is 53.0 cm³/mol. The molecule has 1 heterocycles. The Labute approximate surface area is 81.0 Å². The molecule has 0 unspecified atom stereocenters. The molecule has 78 valence electrons. The summed E-state index contributed by atoms with van der Waals surface area (Å²) in [4.78, 5) is 2.41. The minimum atomic E-state index is 0.350. The lowest BCUT2D eigenvalue weighted by Gasteiger charge is -2.19. The van der Waals surface area contributed by atoms with Crippen LogP contribution in [0.5, 0.6) is 0 Å². The Bertz CT molecular complexity index is 120. The van der Waals surface area contributed by atoms with Gasteiger partial charge in [0.15, 0.2) is 0 Å². The molecule has 0 aromatic rings. The maximum absolute atomic E-state index is 5.50. The molecule has 1 aliphatic heterocycles. The quantitative estimate of drug-likeness (QED) is 0.658.